The lowest BCUT2D eigenvalue weighted by molar-refractivity contribution is 0.415. The molecule has 0 fully saturated rings. The second-order valence-electron chi connectivity index (χ2n) is 3.26. The van der Waals surface area contributed by atoms with E-state index in [1.165, 1.54) is 5.56 Å². The highest BCUT2D eigenvalue weighted by Crippen LogP contribution is 2.31. The van der Waals surface area contributed by atoms with Gasteiger partial charge in [0.25, 0.3) is 0 Å². The molecule has 0 atom stereocenters. The van der Waals surface area contributed by atoms with Crippen molar-refractivity contribution in [1.29, 1.82) is 0 Å². The Morgan fingerprint density at radius 2 is 2.07 bits per heavy atom. The summed E-state index contributed by atoms with van der Waals surface area (Å²) in [4.78, 5) is 0. The summed E-state index contributed by atoms with van der Waals surface area (Å²) in [6.45, 7) is 7.62. The van der Waals surface area contributed by atoms with Crippen molar-refractivity contribution in [1.82, 2.24) is 0 Å². The van der Waals surface area contributed by atoms with E-state index in [4.69, 9.17) is 4.74 Å². The third-order valence-corrected chi connectivity index (χ3v) is 2.21. The van der Waals surface area contributed by atoms with Crippen LogP contribution in [0.1, 0.15) is 5.56 Å². The molecule has 0 radical (unpaired) electrons. The Morgan fingerprint density at radius 3 is 2.86 bits per heavy atom. The third kappa shape index (κ3) is 1.49. The fraction of sp³-hybridized carbons (Fsp3) is 0.0769. The van der Waals surface area contributed by atoms with Crippen molar-refractivity contribution < 1.29 is 4.74 Å². The summed E-state index contributed by atoms with van der Waals surface area (Å²) in [5.74, 6) is 1.74. The third-order valence-electron chi connectivity index (χ3n) is 2.21. The van der Waals surface area contributed by atoms with Crippen LogP contribution in [0, 0.1) is 0 Å². The fourth-order valence-corrected chi connectivity index (χ4v) is 1.52. The standard InChI is InChI=1S/C13H12O/c1-3-6-12-10(2)9-11-7-4-5-8-13(11)14-12/h3-8H,1-2,9H2/b12-6+. The van der Waals surface area contributed by atoms with Gasteiger partial charge in [-0.2, -0.15) is 0 Å². The lowest BCUT2D eigenvalue weighted by Crippen LogP contribution is -2.08. The van der Waals surface area contributed by atoms with Crippen LogP contribution in [0.15, 0.2) is 60.9 Å². The quantitative estimate of drug-likeness (QED) is 0.651. The first kappa shape index (κ1) is 8.82. The van der Waals surface area contributed by atoms with E-state index in [9.17, 15) is 0 Å². The first-order valence-electron chi connectivity index (χ1n) is 4.58. The molecule has 0 saturated carbocycles. The van der Waals surface area contributed by atoms with Crippen LogP contribution < -0.4 is 4.74 Å². The molecule has 1 aliphatic rings. The average molecular weight is 184 g/mol. The molecular formula is C13H12O. The number of allylic oxidation sites excluding steroid dienone is 3. The van der Waals surface area contributed by atoms with Gasteiger partial charge in [-0.25, -0.2) is 0 Å². The average Bonchev–Trinajstić information content (AvgIpc) is 2.19. The highest BCUT2D eigenvalue weighted by atomic mass is 16.5. The second kappa shape index (κ2) is 3.54. The van der Waals surface area contributed by atoms with Gasteiger partial charge >= 0.3 is 0 Å². The van der Waals surface area contributed by atoms with E-state index >= 15 is 0 Å². The molecule has 0 N–H and O–H groups in total. The topological polar surface area (TPSA) is 9.23 Å². The van der Waals surface area contributed by atoms with Crippen LogP contribution in [0.4, 0.5) is 0 Å². The summed E-state index contributed by atoms with van der Waals surface area (Å²) < 4.78 is 5.67. The summed E-state index contributed by atoms with van der Waals surface area (Å²) in [7, 11) is 0. The molecule has 0 amide bonds. The molecule has 0 spiro atoms. The maximum Gasteiger partial charge on any atom is 0.130 e. The summed E-state index contributed by atoms with van der Waals surface area (Å²) in [5, 5.41) is 0. The van der Waals surface area contributed by atoms with Gasteiger partial charge in [0.1, 0.15) is 11.5 Å². The highest BCUT2D eigenvalue weighted by molar-refractivity contribution is 5.46. The first-order valence-corrected chi connectivity index (χ1v) is 4.58. The summed E-state index contributed by atoms with van der Waals surface area (Å²) >= 11 is 0. The number of fused-ring (bicyclic) bond motifs is 1. The molecule has 1 aliphatic heterocycles. The van der Waals surface area contributed by atoms with Gasteiger partial charge < -0.3 is 4.74 Å². The molecule has 70 valence electrons. The van der Waals surface area contributed by atoms with Crippen molar-refractivity contribution in [3.8, 4) is 5.75 Å². The molecule has 2 rings (SSSR count). The van der Waals surface area contributed by atoms with Gasteiger partial charge in [0, 0.05) is 6.42 Å². The predicted molar refractivity (Wildman–Crippen MR) is 58.2 cm³/mol. The van der Waals surface area contributed by atoms with Gasteiger partial charge in [-0.15, -0.1) is 0 Å². The van der Waals surface area contributed by atoms with Crippen LogP contribution in [0.2, 0.25) is 0 Å². The van der Waals surface area contributed by atoms with Gasteiger partial charge in [0.2, 0.25) is 0 Å². The Balaban J connectivity index is 2.40. The van der Waals surface area contributed by atoms with E-state index < -0.39 is 0 Å². The molecule has 0 saturated heterocycles. The zero-order chi connectivity index (χ0) is 9.97. The van der Waals surface area contributed by atoms with E-state index in [1.54, 1.807) is 6.08 Å². The summed E-state index contributed by atoms with van der Waals surface area (Å²) in [6, 6.07) is 8.01. The molecule has 14 heavy (non-hydrogen) atoms. The van der Waals surface area contributed by atoms with Gasteiger partial charge in [0.05, 0.1) is 0 Å². The van der Waals surface area contributed by atoms with Crippen LogP contribution in [0.5, 0.6) is 5.75 Å². The van der Waals surface area contributed by atoms with Crippen molar-refractivity contribution in [2.45, 2.75) is 6.42 Å². The molecule has 1 aromatic carbocycles. The second-order valence-corrected chi connectivity index (χ2v) is 3.26. The Bertz CT molecular complexity index is 413. The number of benzene rings is 1. The van der Waals surface area contributed by atoms with Crippen LogP contribution in [0.25, 0.3) is 0 Å². The van der Waals surface area contributed by atoms with Crippen LogP contribution in [0.3, 0.4) is 0 Å². The highest BCUT2D eigenvalue weighted by Gasteiger charge is 2.16. The molecule has 1 aromatic rings. The lowest BCUT2D eigenvalue weighted by atomic mass is 10.0. The number of rotatable bonds is 1. The fourth-order valence-electron chi connectivity index (χ4n) is 1.52. The molecule has 1 nitrogen and oxygen atoms in total. The summed E-state index contributed by atoms with van der Waals surface area (Å²) in [6.07, 6.45) is 4.42. The Kier molecular flexibility index (Phi) is 2.23. The van der Waals surface area contributed by atoms with Gasteiger partial charge in [-0.1, -0.05) is 37.4 Å². The normalized spacial score (nSPS) is 17.4. The van der Waals surface area contributed by atoms with Gasteiger partial charge in [-0.05, 0) is 23.3 Å². The Labute approximate surface area is 84.0 Å². The minimum Gasteiger partial charge on any atom is -0.457 e. The van der Waals surface area contributed by atoms with Crippen LogP contribution in [-0.2, 0) is 6.42 Å². The zero-order valence-electron chi connectivity index (χ0n) is 7.99. The minimum atomic E-state index is 0.818. The first-order chi connectivity index (χ1) is 6.81. The monoisotopic (exact) mass is 184 g/mol. The van der Waals surface area contributed by atoms with Crippen molar-refractivity contribution in [3.05, 3.63) is 66.5 Å². The largest absolute Gasteiger partial charge is 0.457 e. The van der Waals surface area contributed by atoms with E-state index in [2.05, 4.69) is 19.2 Å². The van der Waals surface area contributed by atoms with E-state index in [-0.39, 0.29) is 0 Å². The van der Waals surface area contributed by atoms with E-state index in [0.29, 0.717) is 0 Å². The maximum absolute atomic E-state index is 5.67. The molecule has 1 heteroatoms. The van der Waals surface area contributed by atoms with Crippen molar-refractivity contribution >= 4 is 0 Å². The van der Waals surface area contributed by atoms with Crippen molar-refractivity contribution in [2.24, 2.45) is 0 Å². The molecule has 0 aliphatic carbocycles. The number of ether oxygens (including phenoxy) is 1. The molecule has 0 aromatic heterocycles. The minimum absolute atomic E-state index is 0.818. The van der Waals surface area contributed by atoms with Crippen molar-refractivity contribution in [2.75, 3.05) is 0 Å². The Hall–Kier alpha value is -1.76. The van der Waals surface area contributed by atoms with Crippen LogP contribution >= 0.6 is 0 Å². The Morgan fingerprint density at radius 1 is 1.29 bits per heavy atom. The number of hydrogen-bond acceptors (Lipinski definition) is 1. The van der Waals surface area contributed by atoms with Crippen LogP contribution in [-0.4, -0.2) is 0 Å². The molecular weight excluding hydrogens is 172 g/mol. The SMILES string of the molecule is C=C/C=C1/Oc2ccccc2CC1=C. The smallest absolute Gasteiger partial charge is 0.130 e. The number of para-hydroxylation sites is 1. The zero-order valence-corrected chi connectivity index (χ0v) is 7.99. The molecule has 0 bridgehead atoms. The predicted octanol–water partition coefficient (Wildman–Crippen LogP) is 3.25. The van der Waals surface area contributed by atoms with Gasteiger partial charge in [-0.3, -0.25) is 0 Å². The van der Waals surface area contributed by atoms with Gasteiger partial charge in [0.15, 0.2) is 0 Å². The molecule has 1 heterocycles. The molecule has 0 unspecified atom stereocenters. The summed E-state index contributed by atoms with van der Waals surface area (Å²) in [5.41, 5.74) is 2.20. The number of hydrogen-bond donors (Lipinski definition) is 0. The van der Waals surface area contributed by atoms with Crippen molar-refractivity contribution in [3.63, 3.8) is 0 Å². The lowest BCUT2D eigenvalue weighted by Gasteiger charge is -2.21. The maximum atomic E-state index is 5.67. The van der Waals surface area contributed by atoms with E-state index in [1.807, 2.05) is 24.3 Å². The van der Waals surface area contributed by atoms with E-state index in [0.717, 1.165) is 23.5 Å².